The van der Waals surface area contributed by atoms with Gasteiger partial charge in [0.05, 0.1) is 5.56 Å². The third-order valence-electron chi connectivity index (χ3n) is 4.43. The third-order valence-corrected chi connectivity index (χ3v) is 4.67. The molecule has 1 amide bonds. The highest BCUT2D eigenvalue weighted by Gasteiger charge is 2.35. The summed E-state index contributed by atoms with van der Waals surface area (Å²) in [6.07, 6.45) is 1.46. The van der Waals surface area contributed by atoms with Gasteiger partial charge in [-0.15, -0.1) is 0 Å². The van der Waals surface area contributed by atoms with Crippen molar-refractivity contribution in [2.24, 2.45) is 0 Å². The minimum atomic E-state index is -0.597. The van der Waals surface area contributed by atoms with Gasteiger partial charge in [0.15, 0.2) is 0 Å². The van der Waals surface area contributed by atoms with Crippen LogP contribution in [-0.4, -0.2) is 27.5 Å². The number of rotatable bonds is 3. The Bertz CT molecular complexity index is 945. The van der Waals surface area contributed by atoms with Gasteiger partial charge in [0.1, 0.15) is 11.9 Å². The van der Waals surface area contributed by atoms with Gasteiger partial charge in [0, 0.05) is 17.1 Å². The second kappa shape index (κ2) is 6.88. The second-order valence-electron chi connectivity index (χ2n) is 6.10. The summed E-state index contributed by atoms with van der Waals surface area (Å²) >= 11 is 5.91. The van der Waals surface area contributed by atoms with Crippen molar-refractivity contribution < 1.29 is 13.7 Å². The lowest BCUT2D eigenvalue weighted by molar-refractivity contribution is 0.0705. The molecule has 7 heteroatoms. The van der Waals surface area contributed by atoms with Gasteiger partial charge in [-0.3, -0.25) is 4.79 Å². The Morgan fingerprint density at radius 2 is 2.04 bits per heavy atom. The van der Waals surface area contributed by atoms with Crippen molar-refractivity contribution >= 4 is 17.5 Å². The molecular weight excluding hydrogens is 357 g/mol. The molecule has 0 N–H and O–H groups in total. The molecule has 1 saturated heterocycles. The quantitative estimate of drug-likeness (QED) is 0.679. The van der Waals surface area contributed by atoms with E-state index in [1.807, 2.05) is 30.3 Å². The highest BCUT2D eigenvalue weighted by molar-refractivity contribution is 6.31. The van der Waals surface area contributed by atoms with Crippen LogP contribution in [0.5, 0.6) is 0 Å². The van der Waals surface area contributed by atoms with Crippen LogP contribution in [0, 0.1) is 5.82 Å². The molecule has 2 heterocycles. The molecule has 5 nitrogen and oxygen atoms in total. The Labute approximate surface area is 154 Å². The standard InChI is InChI=1S/C19H15ClFN3O2/c20-13-8-9-15(21)14(11-13)19(25)24-10-4-7-16(24)18-22-17(23-26-18)12-5-2-1-3-6-12/h1-3,5-6,8-9,11,16H,4,7,10H2/t16-/m0/s1. The lowest BCUT2D eigenvalue weighted by Crippen LogP contribution is -2.31. The van der Waals surface area contributed by atoms with E-state index in [0.29, 0.717) is 29.7 Å². The zero-order chi connectivity index (χ0) is 18.1. The molecule has 0 bridgehead atoms. The fourth-order valence-electron chi connectivity index (χ4n) is 3.16. The summed E-state index contributed by atoms with van der Waals surface area (Å²) < 4.78 is 19.5. The number of aromatic nitrogens is 2. The highest BCUT2D eigenvalue weighted by Crippen LogP contribution is 2.33. The molecule has 1 aromatic heterocycles. The summed E-state index contributed by atoms with van der Waals surface area (Å²) in [6.45, 7) is 0.499. The Morgan fingerprint density at radius 1 is 1.23 bits per heavy atom. The largest absolute Gasteiger partial charge is 0.337 e. The van der Waals surface area contributed by atoms with Gasteiger partial charge in [-0.25, -0.2) is 4.39 Å². The van der Waals surface area contributed by atoms with E-state index in [1.165, 1.54) is 18.2 Å². The van der Waals surface area contributed by atoms with Gasteiger partial charge in [-0.1, -0.05) is 47.1 Å². The van der Waals surface area contributed by atoms with Gasteiger partial charge < -0.3 is 9.42 Å². The molecule has 0 spiro atoms. The number of halogens is 2. The fraction of sp³-hybridized carbons (Fsp3) is 0.211. The summed E-state index contributed by atoms with van der Waals surface area (Å²) in [5.74, 6) is -0.196. The van der Waals surface area contributed by atoms with E-state index in [4.69, 9.17) is 16.1 Å². The van der Waals surface area contributed by atoms with E-state index in [-0.39, 0.29) is 11.6 Å². The Morgan fingerprint density at radius 3 is 2.85 bits per heavy atom. The molecule has 1 atom stereocenters. The molecule has 4 rings (SSSR count). The van der Waals surface area contributed by atoms with Crippen molar-refractivity contribution in [1.29, 1.82) is 0 Å². The molecule has 1 aliphatic heterocycles. The Hall–Kier alpha value is -2.73. The van der Waals surface area contributed by atoms with Crippen molar-refractivity contribution in [3.05, 3.63) is 70.8 Å². The van der Waals surface area contributed by atoms with E-state index in [1.54, 1.807) is 4.90 Å². The minimum absolute atomic E-state index is 0.0489. The molecule has 0 radical (unpaired) electrons. The summed E-state index contributed by atoms with van der Waals surface area (Å²) in [5.41, 5.74) is 0.784. The molecule has 1 fully saturated rings. The van der Waals surface area contributed by atoms with Crippen LogP contribution in [-0.2, 0) is 0 Å². The van der Waals surface area contributed by atoms with Gasteiger partial charge in [0.2, 0.25) is 11.7 Å². The summed E-state index contributed by atoms with van der Waals surface area (Å²) in [6, 6.07) is 13.0. The lowest BCUT2D eigenvalue weighted by Gasteiger charge is -2.22. The van der Waals surface area contributed by atoms with Crippen molar-refractivity contribution in [2.75, 3.05) is 6.54 Å². The van der Waals surface area contributed by atoms with Crippen molar-refractivity contribution in [1.82, 2.24) is 15.0 Å². The van der Waals surface area contributed by atoms with E-state index in [2.05, 4.69) is 10.1 Å². The maximum atomic E-state index is 14.1. The predicted octanol–water partition coefficient (Wildman–Crippen LogP) is 4.51. The third kappa shape index (κ3) is 3.08. The monoisotopic (exact) mass is 371 g/mol. The van der Waals surface area contributed by atoms with E-state index >= 15 is 0 Å². The van der Waals surface area contributed by atoms with Crippen molar-refractivity contribution in [3.63, 3.8) is 0 Å². The fourth-order valence-corrected chi connectivity index (χ4v) is 3.33. The van der Waals surface area contributed by atoms with Gasteiger partial charge >= 0.3 is 0 Å². The van der Waals surface area contributed by atoms with Crippen LogP contribution < -0.4 is 0 Å². The average molecular weight is 372 g/mol. The topological polar surface area (TPSA) is 59.2 Å². The SMILES string of the molecule is O=C(c1cc(Cl)ccc1F)N1CCC[C@H]1c1nc(-c2ccccc2)no1. The molecular formula is C19H15ClFN3O2. The van der Waals surface area contributed by atoms with Crippen LogP contribution in [0.3, 0.4) is 0 Å². The second-order valence-corrected chi connectivity index (χ2v) is 6.54. The molecule has 3 aromatic rings. The molecule has 132 valence electrons. The van der Waals surface area contributed by atoms with Gasteiger partial charge in [0.25, 0.3) is 5.91 Å². The first-order valence-electron chi connectivity index (χ1n) is 8.28. The normalized spacial score (nSPS) is 16.8. The first kappa shape index (κ1) is 16.7. The van der Waals surface area contributed by atoms with Gasteiger partial charge in [-0.2, -0.15) is 4.98 Å². The number of likely N-dealkylation sites (tertiary alicyclic amines) is 1. The van der Waals surface area contributed by atoms with Gasteiger partial charge in [-0.05, 0) is 31.0 Å². The van der Waals surface area contributed by atoms with Crippen LogP contribution in [0.15, 0.2) is 53.1 Å². The zero-order valence-electron chi connectivity index (χ0n) is 13.7. The van der Waals surface area contributed by atoms with Crippen molar-refractivity contribution in [2.45, 2.75) is 18.9 Å². The number of amides is 1. The van der Waals surface area contributed by atoms with E-state index < -0.39 is 11.7 Å². The number of nitrogens with zero attached hydrogens (tertiary/aromatic N) is 3. The zero-order valence-corrected chi connectivity index (χ0v) is 14.5. The van der Waals surface area contributed by atoms with Crippen molar-refractivity contribution in [3.8, 4) is 11.4 Å². The van der Waals surface area contributed by atoms with Crippen LogP contribution in [0.25, 0.3) is 11.4 Å². The minimum Gasteiger partial charge on any atom is -0.337 e. The number of hydrogen-bond acceptors (Lipinski definition) is 4. The summed E-state index contributed by atoms with van der Waals surface area (Å²) in [4.78, 5) is 18.8. The number of hydrogen-bond donors (Lipinski definition) is 0. The highest BCUT2D eigenvalue weighted by atomic mass is 35.5. The maximum absolute atomic E-state index is 14.1. The first-order chi connectivity index (χ1) is 12.6. The number of benzene rings is 2. The summed E-state index contributed by atoms with van der Waals surface area (Å²) in [7, 11) is 0. The van der Waals surface area contributed by atoms with E-state index in [0.717, 1.165) is 12.0 Å². The smallest absolute Gasteiger partial charge is 0.257 e. The molecule has 1 aliphatic rings. The summed E-state index contributed by atoms with van der Waals surface area (Å²) in [5, 5.41) is 4.32. The van der Waals surface area contributed by atoms with E-state index in [9.17, 15) is 9.18 Å². The lowest BCUT2D eigenvalue weighted by atomic mass is 10.1. The van der Waals surface area contributed by atoms with Crippen LogP contribution in [0.4, 0.5) is 4.39 Å². The number of carbonyl (C=O) groups excluding carboxylic acids is 1. The Kier molecular flexibility index (Phi) is 4.42. The van der Waals surface area contributed by atoms with Crippen LogP contribution in [0.2, 0.25) is 5.02 Å². The molecule has 2 aromatic carbocycles. The average Bonchev–Trinajstić information content (AvgIpc) is 3.33. The molecule has 26 heavy (non-hydrogen) atoms. The first-order valence-corrected chi connectivity index (χ1v) is 8.66. The molecule has 0 aliphatic carbocycles. The maximum Gasteiger partial charge on any atom is 0.257 e. The molecule has 0 unspecified atom stereocenters. The molecule has 0 saturated carbocycles. The van der Waals surface area contributed by atoms with Crippen LogP contribution >= 0.6 is 11.6 Å². The Balaban J connectivity index is 1.62. The predicted molar refractivity (Wildman–Crippen MR) is 94.2 cm³/mol. The number of carbonyl (C=O) groups is 1. The van der Waals surface area contributed by atoms with Crippen LogP contribution in [0.1, 0.15) is 35.1 Å².